The Hall–Kier alpha value is -1.40. The number of rotatable bonds is 12. The first-order valence-electron chi connectivity index (χ1n) is 11.2. The van der Waals surface area contributed by atoms with Crippen molar-refractivity contribution in [3.8, 4) is 0 Å². The molecule has 2 atom stereocenters. The van der Waals surface area contributed by atoms with Gasteiger partial charge in [0.25, 0.3) is 0 Å². The molecule has 1 N–H and O–H groups in total. The monoisotopic (exact) mass is 528 g/mol. The Morgan fingerprint density at radius 1 is 1.00 bits per heavy atom. The number of amides is 2. The Bertz CT molecular complexity index is 924. The molecule has 180 valence electrons. The van der Waals surface area contributed by atoms with E-state index in [4.69, 9.17) is 34.8 Å². The first-order chi connectivity index (χ1) is 15.7. The minimum absolute atomic E-state index is 0.0402. The summed E-state index contributed by atoms with van der Waals surface area (Å²) in [4.78, 5) is 29.0. The Kier molecular flexibility index (Phi) is 11.9. The first kappa shape index (κ1) is 27.8. The van der Waals surface area contributed by atoms with Crippen molar-refractivity contribution in [3.63, 3.8) is 0 Å². The summed E-state index contributed by atoms with van der Waals surface area (Å²) in [5, 5.41) is 4.73. The third-order valence-electron chi connectivity index (χ3n) is 5.36. The number of hydrogen-bond acceptors (Lipinski definition) is 3. The highest BCUT2D eigenvalue weighted by molar-refractivity contribution is 7.99. The van der Waals surface area contributed by atoms with Crippen LogP contribution >= 0.6 is 46.6 Å². The molecular weight excluding hydrogens is 499 g/mol. The molecule has 0 aliphatic rings. The molecule has 0 aliphatic carbocycles. The molecule has 2 rings (SSSR count). The highest BCUT2D eigenvalue weighted by Gasteiger charge is 2.29. The van der Waals surface area contributed by atoms with E-state index in [1.54, 1.807) is 34.9 Å². The predicted octanol–water partition coefficient (Wildman–Crippen LogP) is 7.24. The highest BCUT2D eigenvalue weighted by Crippen LogP contribution is 2.25. The van der Waals surface area contributed by atoms with E-state index in [2.05, 4.69) is 5.32 Å². The largest absolute Gasteiger partial charge is 0.352 e. The minimum Gasteiger partial charge on any atom is -0.352 e. The van der Waals surface area contributed by atoms with Gasteiger partial charge >= 0.3 is 0 Å². The number of thioether (sulfide) groups is 1. The van der Waals surface area contributed by atoms with Crippen LogP contribution in [0, 0.1) is 0 Å². The highest BCUT2D eigenvalue weighted by atomic mass is 35.5. The molecule has 4 nitrogen and oxygen atoms in total. The number of nitrogens with zero attached hydrogens (tertiary/aromatic N) is 1. The zero-order valence-corrected chi connectivity index (χ0v) is 22.3. The van der Waals surface area contributed by atoms with Gasteiger partial charge in [-0.15, -0.1) is 11.8 Å². The maximum absolute atomic E-state index is 13.3. The average Bonchev–Trinajstić information content (AvgIpc) is 2.78. The SMILES string of the molecule is CC[C@@H](C)NC(=O)[C@@H](CC)N(Cc1ccc(Cl)cc1Cl)C(=O)CCCSc1ccc(Cl)cc1. The van der Waals surface area contributed by atoms with Crippen molar-refractivity contribution < 1.29 is 9.59 Å². The summed E-state index contributed by atoms with van der Waals surface area (Å²) in [7, 11) is 0. The topological polar surface area (TPSA) is 49.4 Å². The van der Waals surface area contributed by atoms with Gasteiger partial charge in [-0.3, -0.25) is 9.59 Å². The smallest absolute Gasteiger partial charge is 0.243 e. The molecule has 0 fully saturated rings. The van der Waals surface area contributed by atoms with Gasteiger partial charge in [0, 0.05) is 39.0 Å². The number of benzene rings is 2. The van der Waals surface area contributed by atoms with Gasteiger partial charge in [0.2, 0.25) is 11.8 Å². The molecule has 0 radical (unpaired) electrons. The van der Waals surface area contributed by atoms with E-state index < -0.39 is 6.04 Å². The molecule has 2 aromatic carbocycles. The zero-order valence-electron chi connectivity index (χ0n) is 19.2. The minimum atomic E-state index is -0.567. The number of halogens is 3. The van der Waals surface area contributed by atoms with E-state index in [-0.39, 0.29) is 24.4 Å². The number of carbonyl (C=O) groups is 2. The van der Waals surface area contributed by atoms with Crippen LogP contribution in [0.4, 0.5) is 0 Å². The second-order valence-electron chi connectivity index (χ2n) is 7.91. The van der Waals surface area contributed by atoms with Gasteiger partial charge in [-0.05, 0) is 73.9 Å². The summed E-state index contributed by atoms with van der Waals surface area (Å²) in [6.07, 6.45) is 2.37. The van der Waals surface area contributed by atoms with Crippen LogP contribution in [0.15, 0.2) is 47.4 Å². The average molecular weight is 530 g/mol. The summed E-state index contributed by atoms with van der Waals surface area (Å²) >= 11 is 20.0. The van der Waals surface area contributed by atoms with E-state index in [9.17, 15) is 9.59 Å². The molecule has 0 aromatic heterocycles. The van der Waals surface area contributed by atoms with Crippen molar-refractivity contribution in [2.75, 3.05) is 5.75 Å². The first-order valence-corrected chi connectivity index (χ1v) is 13.3. The second-order valence-corrected chi connectivity index (χ2v) is 10.4. The third kappa shape index (κ3) is 9.05. The van der Waals surface area contributed by atoms with Crippen LogP contribution in [0.1, 0.15) is 52.0 Å². The maximum atomic E-state index is 13.3. The van der Waals surface area contributed by atoms with Crippen LogP contribution in [0.2, 0.25) is 15.1 Å². The van der Waals surface area contributed by atoms with E-state index in [1.807, 2.05) is 45.0 Å². The van der Waals surface area contributed by atoms with Crippen molar-refractivity contribution >= 4 is 58.4 Å². The quantitative estimate of drug-likeness (QED) is 0.233. The summed E-state index contributed by atoms with van der Waals surface area (Å²) in [6.45, 7) is 6.15. The van der Waals surface area contributed by atoms with Gasteiger partial charge in [-0.2, -0.15) is 0 Å². The van der Waals surface area contributed by atoms with Gasteiger partial charge < -0.3 is 10.2 Å². The van der Waals surface area contributed by atoms with Crippen LogP contribution in [0.5, 0.6) is 0 Å². The molecular formula is C25H31Cl3N2O2S. The van der Waals surface area contributed by atoms with Gasteiger partial charge in [-0.1, -0.05) is 54.7 Å². The molecule has 0 unspecified atom stereocenters. The van der Waals surface area contributed by atoms with E-state index in [1.165, 1.54) is 0 Å². The zero-order chi connectivity index (χ0) is 24.4. The molecule has 33 heavy (non-hydrogen) atoms. The summed E-state index contributed by atoms with van der Waals surface area (Å²) in [6, 6.07) is 12.3. The molecule has 0 saturated heterocycles. The van der Waals surface area contributed by atoms with Crippen LogP contribution < -0.4 is 5.32 Å². The standard InChI is InChI=1S/C25H31Cl3N2O2S/c1-4-17(3)29-25(32)23(5-2)30(16-18-8-9-20(27)15-22(18)28)24(31)7-6-14-33-21-12-10-19(26)11-13-21/h8-13,15,17,23H,4-7,14,16H2,1-3H3,(H,29,32)/t17-,23-/m1/s1. The number of carbonyl (C=O) groups excluding carboxylic acids is 2. The maximum Gasteiger partial charge on any atom is 0.243 e. The fourth-order valence-corrected chi connectivity index (χ4v) is 4.73. The lowest BCUT2D eigenvalue weighted by atomic mass is 10.1. The molecule has 2 aromatic rings. The molecule has 2 amide bonds. The fourth-order valence-electron chi connectivity index (χ4n) is 3.28. The fraction of sp³-hybridized carbons (Fsp3) is 0.440. The lowest BCUT2D eigenvalue weighted by Crippen LogP contribution is -2.50. The van der Waals surface area contributed by atoms with Crippen LogP contribution in [0.25, 0.3) is 0 Å². The van der Waals surface area contributed by atoms with E-state index in [0.29, 0.717) is 34.3 Å². The van der Waals surface area contributed by atoms with Crippen molar-refractivity contribution in [2.24, 2.45) is 0 Å². The molecule has 0 spiro atoms. The molecule has 0 aliphatic heterocycles. The lowest BCUT2D eigenvalue weighted by Gasteiger charge is -2.32. The second kappa shape index (κ2) is 14.1. The Balaban J connectivity index is 2.10. The summed E-state index contributed by atoms with van der Waals surface area (Å²) in [5.41, 5.74) is 0.764. The van der Waals surface area contributed by atoms with Crippen molar-refractivity contribution in [1.29, 1.82) is 0 Å². The molecule has 0 saturated carbocycles. The van der Waals surface area contributed by atoms with Gasteiger partial charge in [0.1, 0.15) is 6.04 Å². The predicted molar refractivity (Wildman–Crippen MR) is 140 cm³/mol. The Morgan fingerprint density at radius 2 is 1.67 bits per heavy atom. The normalized spacial score (nSPS) is 12.8. The lowest BCUT2D eigenvalue weighted by molar-refractivity contribution is -0.141. The van der Waals surface area contributed by atoms with E-state index in [0.717, 1.165) is 22.6 Å². The third-order valence-corrected chi connectivity index (χ3v) is 7.30. The van der Waals surface area contributed by atoms with Gasteiger partial charge in [0.05, 0.1) is 0 Å². The molecule has 0 bridgehead atoms. The molecule has 0 heterocycles. The summed E-state index contributed by atoms with van der Waals surface area (Å²) < 4.78 is 0. The number of hydrogen-bond donors (Lipinski definition) is 1. The van der Waals surface area contributed by atoms with Crippen LogP contribution in [-0.4, -0.2) is 34.6 Å². The van der Waals surface area contributed by atoms with Crippen LogP contribution in [0.3, 0.4) is 0 Å². The number of nitrogens with one attached hydrogen (secondary N) is 1. The van der Waals surface area contributed by atoms with Gasteiger partial charge in [-0.25, -0.2) is 0 Å². The van der Waals surface area contributed by atoms with Crippen LogP contribution in [-0.2, 0) is 16.1 Å². The molecule has 8 heteroatoms. The van der Waals surface area contributed by atoms with Crippen molar-refractivity contribution in [1.82, 2.24) is 10.2 Å². The van der Waals surface area contributed by atoms with E-state index >= 15 is 0 Å². The Labute approximate surface area is 216 Å². The van der Waals surface area contributed by atoms with Crippen molar-refractivity contribution in [2.45, 2.75) is 70.0 Å². The van der Waals surface area contributed by atoms with Crippen molar-refractivity contribution in [3.05, 3.63) is 63.1 Å². The summed E-state index contributed by atoms with van der Waals surface area (Å²) in [5.74, 6) is 0.586. The van der Waals surface area contributed by atoms with Gasteiger partial charge in [0.15, 0.2) is 0 Å². The Morgan fingerprint density at radius 3 is 2.27 bits per heavy atom.